The molecule has 1 aromatic rings. The maximum absolute atomic E-state index is 10.6. The van der Waals surface area contributed by atoms with Gasteiger partial charge in [-0.25, -0.2) is 0 Å². The van der Waals surface area contributed by atoms with Gasteiger partial charge < -0.3 is 10.8 Å². The molecule has 3 N–H and O–H groups in total. The Bertz CT molecular complexity index is 392. The van der Waals surface area contributed by atoms with Crippen molar-refractivity contribution in [1.82, 2.24) is 4.98 Å². The molecule has 0 radical (unpaired) electrons. The van der Waals surface area contributed by atoms with E-state index in [0.29, 0.717) is 12.5 Å². The second-order valence-electron chi connectivity index (χ2n) is 5.68. The van der Waals surface area contributed by atoms with Crippen LogP contribution in [0.1, 0.15) is 43.9 Å². The van der Waals surface area contributed by atoms with E-state index in [1.807, 2.05) is 12.3 Å². The van der Waals surface area contributed by atoms with Crippen LogP contribution in [0.2, 0.25) is 0 Å². The van der Waals surface area contributed by atoms with Gasteiger partial charge in [0, 0.05) is 23.7 Å². The maximum atomic E-state index is 10.6. The van der Waals surface area contributed by atoms with Crippen LogP contribution in [0.15, 0.2) is 18.3 Å². The Morgan fingerprint density at radius 3 is 2.94 bits per heavy atom. The highest BCUT2D eigenvalue weighted by atomic mass is 16.3. The number of fused-ring (bicyclic) bond motifs is 1. The van der Waals surface area contributed by atoms with Crippen LogP contribution >= 0.6 is 0 Å². The lowest BCUT2D eigenvalue weighted by molar-refractivity contribution is 0.0542. The fraction of sp³-hybridized carbons (Fsp3) is 0.667. The molecule has 3 heteroatoms. The molecular weight excluding hydrogens is 224 g/mol. The SMILES string of the molecule is CC(C)C(CN)C(O)C1CCCc2cccnc21. The minimum atomic E-state index is -0.371. The van der Waals surface area contributed by atoms with Gasteiger partial charge in [-0.2, -0.15) is 0 Å². The summed E-state index contributed by atoms with van der Waals surface area (Å²) in [7, 11) is 0. The van der Waals surface area contributed by atoms with E-state index in [0.717, 1.165) is 25.0 Å². The van der Waals surface area contributed by atoms with Crippen molar-refractivity contribution in [3.63, 3.8) is 0 Å². The second kappa shape index (κ2) is 5.81. The summed E-state index contributed by atoms with van der Waals surface area (Å²) in [6.07, 6.45) is 4.70. The van der Waals surface area contributed by atoms with Crippen molar-refractivity contribution >= 4 is 0 Å². The number of aliphatic hydroxyl groups excluding tert-OH is 1. The predicted molar refractivity (Wildman–Crippen MR) is 73.3 cm³/mol. The van der Waals surface area contributed by atoms with E-state index in [9.17, 15) is 5.11 Å². The first kappa shape index (κ1) is 13.5. The number of hydrogen-bond donors (Lipinski definition) is 2. The predicted octanol–water partition coefficient (Wildman–Crippen LogP) is 2.09. The molecule has 3 unspecified atom stereocenters. The minimum Gasteiger partial charge on any atom is -0.392 e. The molecule has 3 nitrogen and oxygen atoms in total. The van der Waals surface area contributed by atoms with Crippen molar-refractivity contribution in [3.8, 4) is 0 Å². The lowest BCUT2D eigenvalue weighted by Gasteiger charge is -2.34. The Hall–Kier alpha value is -0.930. The molecule has 2 rings (SSSR count). The Morgan fingerprint density at radius 1 is 1.50 bits per heavy atom. The lowest BCUT2D eigenvalue weighted by atomic mass is 9.76. The average Bonchev–Trinajstić information content (AvgIpc) is 2.38. The van der Waals surface area contributed by atoms with Crippen LogP contribution in [0.5, 0.6) is 0 Å². The average molecular weight is 248 g/mol. The first-order valence-corrected chi connectivity index (χ1v) is 6.97. The molecule has 1 aliphatic carbocycles. The summed E-state index contributed by atoms with van der Waals surface area (Å²) >= 11 is 0. The van der Waals surface area contributed by atoms with E-state index in [1.54, 1.807) is 0 Å². The normalized spacial score (nSPS) is 22.6. The number of aromatic nitrogens is 1. The van der Waals surface area contributed by atoms with Gasteiger partial charge >= 0.3 is 0 Å². The van der Waals surface area contributed by atoms with Crippen molar-refractivity contribution in [2.24, 2.45) is 17.6 Å². The van der Waals surface area contributed by atoms with Crippen LogP contribution < -0.4 is 5.73 Å². The maximum Gasteiger partial charge on any atom is 0.0666 e. The number of aliphatic hydroxyl groups is 1. The van der Waals surface area contributed by atoms with Gasteiger partial charge in [-0.15, -0.1) is 0 Å². The molecule has 1 aliphatic rings. The quantitative estimate of drug-likeness (QED) is 0.858. The third-order valence-corrected chi connectivity index (χ3v) is 4.22. The topological polar surface area (TPSA) is 59.1 Å². The number of hydrogen-bond acceptors (Lipinski definition) is 3. The number of pyridine rings is 1. The highest BCUT2D eigenvalue weighted by molar-refractivity contribution is 5.27. The minimum absolute atomic E-state index is 0.156. The molecule has 0 bridgehead atoms. The summed E-state index contributed by atoms with van der Waals surface area (Å²) in [5.41, 5.74) is 8.21. The smallest absolute Gasteiger partial charge is 0.0666 e. The highest BCUT2D eigenvalue weighted by Gasteiger charge is 2.33. The summed E-state index contributed by atoms with van der Waals surface area (Å²) in [5, 5.41) is 10.6. The lowest BCUT2D eigenvalue weighted by Crippen LogP contribution is -2.37. The molecule has 3 atom stereocenters. The fourth-order valence-corrected chi connectivity index (χ4v) is 3.08. The first-order valence-electron chi connectivity index (χ1n) is 6.97. The molecule has 0 aliphatic heterocycles. The standard InChI is InChI=1S/C15H24N2O/c1-10(2)13(9-16)15(18)12-7-3-5-11-6-4-8-17-14(11)12/h4,6,8,10,12-13,15,18H,3,5,7,9,16H2,1-2H3. The molecule has 0 aromatic carbocycles. The number of nitrogens with zero attached hydrogens (tertiary/aromatic N) is 1. The summed E-state index contributed by atoms with van der Waals surface area (Å²) < 4.78 is 0. The van der Waals surface area contributed by atoms with Crippen LogP contribution in [-0.4, -0.2) is 22.7 Å². The molecule has 18 heavy (non-hydrogen) atoms. The zero-order valence-corrected chi connectivity index (χ0v) is 11.3. The number of nitrogens with two attached hydrogens (primary N) is 1. The van der Waals surface area contributed by atoms with E-state index in [-0.39, 0.29) is 17.9 Å². The molecule has 0 spiro atoms. The Kier molecular flexibility index (Phi) is 4.36. The number of aryl methyl sites for hydroxylation is 1. The van der Waals surface area contributed by atoms with Gasteiger partial charge in [0.05, 0.1) is 6.10 Å². The molecule has 0 amide bonds. The van der Waals surface area contributed by atoms with Gasteiger partial charge in [0.1, 0.15) is 0 Å². The van der Waals surface area contributed by atoms with E-state index in [1.165, 1.54) is 5.56 Å². The molecule has 0 saturated heterocycles. The third kappa shape index (κ3) is 2.57. The van der Waals surface area contributed by atoms with Crippen molar-refractivity contribution in [2.45, 2.75) is 45.1 Å². The Morgan fingerprint density at radius 2 is 2.28 bits per heavy atom. The van der Waals surface area contributed by atoms with Gasteiger partial charge in [0.15, 0.2) is 0 Å². The molecule has 100 valence electrons. The fourth-order valence-electron chi connectivity index (χ4n) is 3.08. The summed E-state index contributed by atoms with van der Waals surface area (Å²) in [6, 6.07) is 4.12. The van der Waals surface area contributed by atoms with Crippen molar-refractivity contribution < 1.29 is 5.11 Å². The molecule has 0 fully saturated rings. The first-order chi connectivity index (χ1) is 8.65. The highest BCUT2D eigenvalue weighted by Crippen LogP contribution is 2.36. The molecule has 0 saturated carbocycles. The Balaban J connectivity index is 2.24. The Labute approximate surface area is 109 Å². The van der Waals surface area contributed by atoms with E-state index >= 15 is 0 Å². The number of rotatable bonds is 4. The zero-order chi connectivity index (χ0) is 13.1. The van der Waals surface area contributed by atoms with Gasteiger partial charge in [-0.05, 0) is 43.4 Å². The monoisotopic (exact) mass is 248 g/mol. The van der Waals surface area contributed by atoms with Crippen molar-refractivity contribution in [2.75, 3.05) is 6.54 Å². The second-order valence-corrected chi connectivity index (χ2v) is 5.68. The van der Waals surface area contributed by atoms with Gasteiger partial charge in [0.25, 0.3) is 0 Å². The van der Waals surface area contributed by atoms with Gasteiger partial charge in [-0.1, -0.05) is 19.9 Å². The van der Waals surface area contributed by atoms with E-state index in [2.05, 4.69) is 24.9 Å². The largest absolute Gasteiger partial charge is 0.392 e. The molecule has 1 aromatic heterocycles. The summed E-state index contributed by atoms with van der Waals surface area (Å²) in [6.45, 7) is 4.79. The van der Waals surface area contributed by atoms with Gasteiger partial charge in [-0.3, -0.25) is 4.98 Å². The van der Waals surface area contributed by atoms with E-state index in [4.69, 9.17) is 5.73 Å². The van der Waals surface area contributed by atoms with E-state index < -0.39 is 0 Å². The van der Waals surface area contributed by atoms with Crippen molar-refractivity contribution in [1.29, 1.82) is 0 Å². The third-order valence-electron chi connectivity index (χ3n) is 4.22. The summed E-state index contributed by atoms with van der Waals surface area (Å²) in [5.74, 6) is 0.716. The van der Waals surface area contributed by atoms with Crippen molar-refractivity contribution in [3.05, 3.63) is 29.6 Å². The summed E-state index contributed by atoms with van der Waals surface area (Å²) in [4.78, 5) is 4.50. The zero-order valence-electron chi connectivity index (χ0n) is 11.3. The molecular formula is C15H24N2O. The van der Waals surface area contributed by atoms with Crippen LogP contribution in [-0.2, 0) is 6.42 Å². The van der Waals surface area contributed by atoms with Crippen LogP contribution in [0.4, 0.5) is 0 Å². The van der Waals surface area contributed by atoms with Gasteiger partial charge in [0.2, 0.25) is 0 Å². The molecule has 1 heterocycles. The van der Waals surface area contributed by atoms with Crippen LogP contribution in [0.3, 0.4) is 0 Å². The van der Waals surface area contributed by atoms with Crippen LogP contribution in [0.25, 0.3) is 0 Å². The van der Waals surface area contributed by atoms with Crippen LogP contribution in [0, 0.1) is 11.8 Å².